The topological polar surface area (TPSA) is 65.0 Å². The molecule has 1 unspecified atom stereocenters. The van der Waals surface area contributed by atoms with E-state index in [0.717, 1.165) is 44.6 Å². The van der Waals surface area contributed by atoms with Crippen LogP contribution >= 0.6 is 0 Å². The van der Waals surface area contributed by atoms with Crippen molar-refractivity contribution < 1.29 is 4.74 Å². The normalized spacial score (nSPS) is 18.2. The fourth-order valence-electron chi connectivity index (χ4n) is 3.59. The summed E-state index contributed by atoms with van der Waals surface area (Å²) in [7, 11) is 1.81. The number of aliphatic imine (C=N–C) groups is 1. The molecule has 0 amide bonds. The van der Waals surface area contributed by atoms with Crippen LogP contribution in [0.5, 0.6) is 0 Å². The van der Waals surface area contributed by atoms with Crippen LogP contribution in [0.15, 0.2) is 23.3 Å². The van der Waals surface area contributed by atoms with Gasteiger partial charge in [0.2, 0.25) is 0 Å². The number of rotatable bonds is 8. The van der Waals surface area contributed by atoms with Crippen molar-refractivity contribution in [1.29, 1.82) is 0 Å². The molecule has 0 radical (unpaired) electrons. The van der Waals surface area contributed by atoms with Crippen LogP contribution in [0.2, 0.25) is 0 Å². The summed E-state index contributed by atoms with van der Waals surface area (Å²) in [5, 5.41) is 6.82. The first-order valence-electron chi connectivity index (χ1n) is 10.4. The van der Waals surface area contributed by atoms with E-state index in [2.05, 4.69) is 71.1 Å². The van der Waals surface area contributed by atoms with E-state index in [1.165, 1.54) is 5.56 Å². The van der Waals surface area contributed by atoms with Gasteiger partial charge in [-0.2, -0.15) is 0 Å². The zero-order valence-corrected chi connectivity index (χ0v) is 18.4. The van der Waals surface area contributed by atoms with Gasteiger partial charge in [-0.1, -0.05) is 0 Å². The number of aromatic nitrogens is 1. The summed E-state index contributed by atoms with van der Waals surface area (Å²) >= 11 is 0. The molecule has 1 aromatic heterocycles. The first kappa shape index (κ1) is 22.4. The predicted octanol–water partition coefficient (Wildman–Crippen LogP) is 2.09. The standard InChI is InChI=1S/C21H38N6O/c1-16(2)27(17(3)4)10-9-24-21(22-6)25-14-19-7-8-23-20(13-19)26-11-12-28-18(5)15-26/h7-8,13,16-18H,9-12,14-15H2,1-6H3,(H2,22,24,25). The van der Waals surface area contributed by atoms with Gasteiger partial charge in [-0.15, -0.1) is 0 Å². The van der Waals surface area contributed by atoms with Crippen molar-refractivity contribution in [2.24, 2.45) is 4.99 Å². The van der Waals surface area contributed by atoms with Gasteiger partial charge in [-0.3, -0.25) is 9.89 Å². The van der Waals surface area contributed by atoms with Gasteiger partial charge in [-0.25, -0.2) is 4.98 Å². The van der Waals surface area contributed by atoms with Gasteiger partial charge < -0.3 is 20.3 Å². The Hall–Kier alpha value is -1.86. The number of nitrogens with one attached hydrogen (secondary N) is 2. The molecule has 1 saturated heterocycles. The van der Waals surface area contributed by atoms with Gasteiger partial charge in [0.1, 0.15) is 5.82 Å². The highest BCUT2D eigenvalue weighted by Gasteiger charge is 2.18. The van der Waals surface area contributed by atoms with E-state index < -0.39 is 0 Å². The fourth-order valence-corrected chi connectivity index (χ4v) is 3.59. The summed E-state index contributed by atoms with van der Waals surface area (Å²) in [5.74, 6) is 1.84. The molecule has 7 nitrogen and oxygen atoms in total. The summed E-state index contributed by atoms with van der Waals surface area (Å²) in [4.78, 5) is 13.6. The number of morpholine rings is 1. The monoisotopic (exact) mass is 390 g/mol. The molecule has 158 valence electrons. The second-order valence-corrected chi connectivity index (χ2v) is 7.93. The maximum absolute atomic E-state index is 5.63. The number of nitrogens with zero attached hydrogens (tertiary/aromatic N) is 4. The Balaban J connectivity index is 1.84. The summed E-state index contributed by atoms with van der Waals surface area (Å²) < 4.78 is 5.63. The molecule has 2 heterocycles. The highest BCUT2D eigenvalue weighted by molar-refractivity contribution is 5.79. The number of ether oxygens (including phenoxy) is 1. The Kier molecular flexibility index (Phi) is 8.99. The largest absolute Gasteiger partial charge is 0.375 e. The van der Waals surface area contributed by atoms with Crippen LogP contribution in [0, 0.1) is 0 Å². The molecule has 0 saturated carbocycles. The number of hydrogen-bond acceptors (Lipinski definition) is 5. The van der Waals surface area contributed by atoms with E-state index in [1.807, 2.05) is 19.3 Å². The Morgan fingerprint density at radius 3 is 2.71 bits per heavy atom. The fraction of sp³-hybridized carbons (Fsp3) is 0.714. The zero-order valence-electron chi connectivity index (χ0n) is 18.4. The van der Waals surface area contributed by atoms with Gasteiger partial charge >= 0.3 is 0 Å². The molecule has 1 atom stereocenters. The van der Waals surface area contributed by atoms with Gasteiger partial charge in [-0.05, 0) is 52.3 Å². The van der Waals surface area contributed by atoms with Gasteiger partial charge in [0.25, 0.3) is 0 Å². The lowest BCUT2D eigenvalue weighted by Gasteiger charge is -2.32. The lowest BCUT2D eigenvalue weighted by atomic mass is 10.2. The zero-order chi connectivity index (χ0) is 20.5. The Bertz CT molecular complexity index is 611. The second kappa shape index (κ2) is 11.2. The third-order valence-electron chi connectivity index (χ3n) is 5.05. The maximum Gasteiger partial charge on any atom is 0.191 e. The van der Waals surface area contributed by atoms with Crippen molar-refractivity contribution in [3.63, 3.8) is 0 Å². The van der Waals surface area contributed by atoms with E-state index in [4.69, 9.17) is 4.74 Å². The van der Waals surface area contributed by atoms with E-state index >= 15 is 0 Å². The molecule has 2 N–H and O–H groups in total. The van der Waals surface area contributed by atoms with Gasteiger partial charge in [0, 0.05) is 58.1 Å². The van der Waals surface area contributed by atoms with Crippen molar-refractivity contribution in [1.82, 2.24) is 20.5 Å². The summed E-state index contributed by atoms with van der Waals surface area (Å²) in [6, 6.07) is 5.27. The van der Waals surface area contributed by atoms with Crippen LogP contribution in [-0.4, -0.2) is 73.9 Å². The number of hydrogen-bond donors (Lipinski definition) is 2. The van der Waals surface area contributed by atoms with Gasteiger partial charge in [0.05, 0.1) is 12.7 Å². The molecule has 1 aliphatic heterocycles. The highest BCUT2D eigenvalue weighted by atomic mass is 16.5. The molecule has 1 aromatic rings. The minimum absolute atomic E-state index is 0.247. The van der Waals surface area contributed by atoms with Crippen LogP contribution < -0.4 is 15.5 Å². The molecule has 2 rings (SSSR count). The van der Waals surface area contributed by atoms with Crippen molar-refractivity contribution >= 4 is 11.8 Å². The second-order valence-electron chi connectivity index (χ2n) is 7.93. The van der Waals surface area contributed by atoms with Crippen molar-refractivity contribution in [2.45, 2.75) is 59.4 Å². The van der Waals surface area contributed by atoms with Crippen LogP contribution in [-0.2, 0) is 11.3 Å². The number of pyridine rings is 1. The van der Waals surface area contributed by atoms with Crippen molar-refractivity contribution in [3.8, 4) is 0 Å². The Morgan fingerprint density at radius 2 is 2.07 bits per heavy atom. The number of guanidine groups is 1. The van der Waals surface area contributed by atoms with Gasteiger partial charge in [0.15, 0.2) is 5.96 Å². The Morgan fingerprint density at radius 1 is 1.32 bits per heavy atom. The molecule has 0 bridgehead atoms. The third-order valence-corrected chi connectivity index (χ3v) is 5.05. The third kappa shape index (κ3) is 6.95. The molecular weight excluding hydrogens is 352 g/mol. The molecule has 7 heteroatoms. The number of anilines is 1. The molecule has 0 aromatic carbocycles. The highest BCUT2D eigenvalue weighted by Crippen LogP contribution is 2.16. The quantitative estimate of drug-likeness (QED) is 0.523. The first-order valence-corrected chi connectivity index (χ1v) is 10.4. The lowest BCUT2D eigenvalue weighted by Crippen LogP contribution is -2.45. The summed E-state index contributed by atoms with van der Waals surface area (Å²) in [5.41, 5.74) is 1.19. The van der Waals surface area contributed by atoms with Crippen LogP contribution in [0.3, 0.4) is 0 Å². The molecule has 0 spiro atoms. The van der Waals surface area contributed by atoms with Crippen LogP contribution in [0.1, 0.15) is 40.2 Å². The van der Waals surface area contributed by atoms with Crippen LogP contribution in [0.25, 0.3) is 0 Å². The maximum atomic E-state index is 5.63. The SMILES string of the molecule is CN=C(NCCN(C(C)C)C(C)C)NCc1ccnc(N2CCOC(C)C2)c1. The lowest BCUT2D eigenvalue weighted by molar-refractivity contribution is 0.0529. The van der Waals surface area contributed by atoms with E-state index in [0.29, 0.717) is 18.6 Å². The minimum atomic E-state index is 0.247. The van der Waals surface area contributed by atoms with E-state index in [9.17, 15) is 0 Å². The predicted molar refractivity (Wildman–Crippen MR) is 117 cm³/mol. The Labute approximate surface area is 170 Å². The first-order chi connectivity index (χ1) is 13.4. The van der Waals surface area contributed by atoms with E-state index in [1.54, 1.807) is 0 Å². The smallest absolute Gasteiger partial charge is 0.191 e. The average molecular weight is 391 g/mol. The minimum Gasteiger partial charge on any atom is -0.375 e. The summed E-state index contributed by atoms with van der Waals surface area (Å²) in [6.45, 7) is 16.2. The molecule has 0 aliphatic carbocycles. The summed E-state index contributed by atoms with van der Waals surface area (Å²) in [6.07, 6.45) is 2.13. The van der Waals surface area contributed by atoms with Crippen LogP contribution in [0.4, 0.5) is 5.82 Å². The molecule has 28 heavy (non-hydrogen) atoms. The van der Waals surface area contributed by atoms with Crippen molar-refractivity contribution in [3.05, 3.63) is 23.9 Å². The average Bonchev–Trinajstić information content (AvgIpc) is 2.67. The molecule has 1 aliphatic rings. The molecule has 1 fully saturated rings. The van der Waals surface area contributed by atoms with E-state index in [-0.39, 0.29) is 6.10 Å². The van der Waals surface area contributed by atoms with Crippen molar-refractivity contribution in [2.75, 3.05) is 44.7 Å². The molecular formula is C21H38N6O.